The van der Waals surface area contributed by atoms with E-state index in [2.05, 4.69) is 41.4 Å². The Morgan fingerprint density at radius 2 is 2.26 bits per heavy atom. The van der Waals surface area contributed by atoms with E-state index in [0.29, 0.717) is 12.3 Å². The standard InChI is InChI=1S/C18H25N3OS/c1-13-18(14(2)20(3)19-13)16-9-5-11-21(16)17(22)10-4-7-15-8-6-12-23-15/h6,8,12,16H,4-5,7,9-11H2,1-3H3. The molecule has 0 N–H and O–H groups in total. The minimum atomic E-state index is 0.220. The van der Waals surface area contributed by atoms with Gasteiger partial charge in [-0.2, -0.15) is 5.10 Å². The zero-order valence-corrected chi connectivity index (χ0v) is 15.0. The van der Waals surface area contributed by atoms with Crippen LogP contribution in [-0.4, -0.2) is 27.1 Å². The summed E-state index contributed by atoms with van der Waals surface area (Å²) in [5.41, 5.74) is 3.51. The number of rotatable bonds is 5. The van der Waals surface area contributed by atoms with E-state index in [-0.39, 0.29) is 6.04 Å². The predicted molar refractivity (Wildman–Crippen MR) is 93.6 cm³/mol. The Bertz CT molecular complexity index is 675. The zero-order chi connectivity index (χ0) is 16.4. The van der Waals surface area contributed by atoms with Gasteiger partial charge in [-0.3, -0.25) is 9.48 Å². The van der Waals surface area contributed by atoms with Crippen molar-refractivity contribution < 1.29 is 4.79 Å². The third kappa shape index (κ3) is 3.34. The van der Waals surface area contributed by atoms with Gasteiger partial charge in [0.2, 0.25) is 5.91 Å². The number of carbonyl (C=O) groups excluding carboxylic acids is 1. The molecule has 5 heteroatoms. The van der Waals surface area contributed by atoms with Crippen LogP contribution in [0, 0.1) is 13.8 Å². The van der Waals surface area contributed by atoms with Gasteiger partial charge >= 0.3 is 0 Å². The molecule has 0 saturated carbocycles. The molecule has 1 amide bonds. The van der Waals surface area contributed by atoms with Gasteiger partial charge in [0.15, 0.2) is 0 Å². The number of thiophene rings is 1. The first-order valence-electron chi connectivity index (χ1n) is 8.40. The number of aryl methyl sites for hydroxylation is 3. The molecule has 1 fully saturated rings. The molecule has 2 aromatic heterocycles. The number of carbonyl (C=O) groups is 1. The van der Waals surface area contributed by atoms with E-state index in [4.69, 9.17) is 0 Å². The van der Waals surface area contributed by atoms with Crippen molar-refractivity contribution in [1.29, 1.82) is 0 Å². The van der Waals surface area contributed by atoms with Crippen molar-refractivity contribution in [3.63, 3.8) is 0 Å². The lowest BCUT2D eigenvalue weighted by Crippen LogP contribution is -2.31. The van der Waals surface area contributed by atoms with E-state index in [1.165, 1.54) is 16.1 Å². The number of aromatic nitrogens is 2. The van der Waals surface area contributed by atoms with E-state index in [0.717, 1.165) is 37.9 Å². The van der Waals surface area contributed by atoms with Crippen molar-refractivity contribution in [2.75, 3.05) is 6.54 Å². The first kappa shape index (κ1) is 16.2. The second kappa shape index (κ2) is 6.87. The number of amides is 1. The molecule has 3 heterocycles. The quantitative estimate of drug-likeness (QED) is 0.836. The van der Waals surface area contributed by atoms with E-state index in [1.54, 1.807) is 11.3 Å². The molecule has 1 saturated heterocycles. The minimum Gasteiger partial charge on any atom is -0.336 e. The van der Waals surface area contributed by atoms with E-state index >= 15 is 0 Å². The molecule has 4 nitrogen and oxygen atoms in total. The Labute approximate surface area is 142 Å². The van der Waals surface area contributed by atoms with Gasteiger partial charge in [0.1, 0.15) is 0 Å². The van der Waals surface area contributed by atoms with Crippen molar-refractivity contribution in [1.82, 2.24) is 14.7 Å². The third-order valence-electron chi connectivity index (χ3n) is 4.87. The molecule has 0 aromatic carbocycles. The Hall–Kier alpha value is -1.62. The maximum atomic E-state index is 12.7. The Balaban J connectivity index is 1.65. The molecule has 23 heavy (non-hydrogen) atoms. The van der Waals surface area contributed by atoms with Crippen LogP contribution in [0.2, 0.25) is 0 Å². The van der Waals surface area contributed by atoms with Gasteiger partial charge < -0.3 is 4.90 Å². The average molecular weight is 331 g/mol. The second-order valence-electron chi connectivity index (χ2n) is 6.39. The third-order valence-corrected chi connectivity index (χ3v) is 5.80. The van der Waals surface area contributed by atoms with Crippen molar-refractivity contribution in [3.05, 3.63) is 39.3 Å². The number of hydrogen-bond donors (Lipinski definition) is 0. The first-order valence-corrected chi connectivity index (χ1v) is 9.28. The molecule has 1 aliphatic rings. The number of nitrogens with zero attached hydrogens (tertiary/aromatic N) is 3. The summed E-state index contributed by atoms with van der Waals surface area (Å²) >= 11 is 1.77. The highest BCUT2D eigenvalue weighted by Gasteiger charge is 2.32. The van der Waals surface area contributed by atoms with Crippen LogP contribution in [0.25, 0.3) is 0 Å². The fraction of sp³-hybridized carbons (Fsp3) is 0.556. The first-order chi connectivity index (χ1) is 11.1. The van der Waals surface area contributed by atoms with Crippen LogP contribution in [0.15, 0.2) is 17.5 Å². The molecule has 2 aromatic rings. The fourth-order valence-electron chi connectivity index (χ4n) is 3.65. The van der Waals surface area contributed by atoms with E-state index in [9.17, 15) is 4.79 Å². The molecule has 124 valence electrons. The molecule has 0 radical (unpaired) electrons. The van der Waals surface area contributed by atoms with Crippen LogP contribution in [0.3, 0.4) is 0 Å². The fourth-order valence-corrected chi connectivity index (χ4v) is 4.40. The maximum Gasteiger partial charge on any atom is 0.223 e. The molecular formula is C18H25N3OS. The lowest BCUT2D eigenvalue weighted by molar-refractivity contribution is -0.132. The summed E-state index contributed by atoms with van der Waals surface area (Å²) in [5.74, 6) is 0.298. The molecule has 0 aliphatic carbocycles. The van der Waals surface area contributed by atoms with Gasteiger partial charge in [0.25, 0.3) is 0 Å². The van der Waals surface area contributed by atoms with Crippen LogP contribution >= 0.6 is 11.3 Å². The Morgan fingerprint density at radius 3 is 2.91 bits per heavy atom. The molecule has 3 rings (SSSR count). The largest absolute Gasteiger partial charge is 0.336 e. The van der Waals surface area contributed by atoms with Gasteiger partial charge in [-0.15, -0.1) is 11.3 Å². The van der Waals surface area contributed by atoms with Crippen molar-refractivity contribution in [3.8, 4) is 0 Å². The summed E-state index contributed by atoms with van der Waals surface area (Å²) in [6.07, 6.45) is 4.74. The molecular weight excluding hydrogens is 306 g/mol. The maximum absolute atomic E-state index is 12.7. The van der Waals surface area contributed by atoms with Gasteiger partial charge in [0.05, 0.1) is 11.7 Å². The Kier molecular flexibility index (Phi) is 4.85. The smallest absolute Gasteiger partial charge is 0.223 e. The van der Waals surface area contributed by atoms with Crippen LogP contribution in [-0.2, 0) is 18.3 Å². The molecule has 1 aliphatic heterocycles. The van der Waals surface area contributed by atoms with Crippen molar-refractivity contribution >= 4 is 17.2 Å². The highest BCUT2D eigenvalue weighted by Crippen LogP contribution is 2.35. The summed E-state index contributed by atoms with van der Waals surface area (Å²) in [6.45, 7) is 5.05. The molecule has 1 atom stereocenters. The van der Waals surface area contributed by atoms with Crippen LogP contribution in [0.4, 0.5) is 0 Å². The van der Waals surface area contributed by atoms with Gasteiger partial charge in [0, 0.05) is 36.1 Å². The highest BCUT2D eigenvalue weighted by molar-refractivity contribution is 7.09. The number of hydrogen-bond acceptors (Lipinski definition) is 3. The second-order valence-corrected chi connectivity index (χ2v) is 7.42. The summed E-state index contributed by atoms with van der Waals surface area (Å²) in [5, 5.41) is 6.62. The minimum absolute atomic E-state index is 0.220. The zero-order valence-electron chi connectivity index (χ0n) is 14.2. The lowest BCUT2D eigenvalue weighted by Gasteiger charge is -2.25. The van der Waals surface area contributed by atoms with E-state index < -0.39 is 0 Å². The summed E-state index contributed by atoms with van der Waals surface area (Å²) in [6, 6.07) is 4.44. The van der Waals surface area contributed by atoms with Crippen LogP contribution in [0.1, 0.15) is 53.6 Å². The van der Waals surface area contributed by atoms with Crippen LogP contribution < -0.4 is 0 Å². The SMILES string of the molecule is Cc1nn(C)c(C)c1C1CCCN1C(=O)CCCc1cccs1. The van der Waals surface area contributed by atoms with Gasteiger partial charge in [-0.25, -0.2) is 0 Å². The van der Waals surface area contributed by atoms with Gasteiger partial charge in [-0.05, 0) is 51.0 Å². The summed E-state index contributed by atoms with van der Waals surface area (Å²) < 4.78 is 1.93. The monoisotopic (exact) mass is 331 g/mol. The lowest BCUT2D eigenvalue weighted by atomic mass is 10.0. The number of likely N-dealkylation sites (tertiary alicyclic amines) is 1. The Morgan fingerprint density at radius 1 is 1.43 bits per heavy atom. The van der Waals surface area contributed by atoms with Crippen molar-refractivity contribution in [2.45, 2.75) is 52.0 Å². The molecule has 0 bridgehead atoms. The summed E-state index contributed by atoms with van der Waals surface area (Å²) in [4.78, 5) is 16.1. The normalized spacial score (nSPS) is 17.9. The van der Waals surface area contributed by atoms with Gasteiger partial charge in [-0.1, -0.05) is 6.07 Å². The molecule has 0 spiro atoms. The molecule has 1 unspecified atom stereocenters. The predicted octanol–water partition coefficient (Wildman–Crippen LogP) is 3.78. The van der Waals surface area contributed by atoms with E-state index in [1.807, 2.05) is 11.7 Å². The topological polar surface area (TPSA) is 38.1 Å². The highest BCUT2D eigenvalue weighted by atomic mass is 32.1. The van der Waals surface area contributed by atoms with Crippen molar-refractivity contribution in [2.24, 2.45) is 7.05 Å². The summed E-state index contributed by atoms with van der Waals surface area (Å²) in [7, 11) is 1.98. The van der Waals surface area contributed by atoms with Crippen LogP contribution in [0.5, 0.6) is 0 Å². The average Bonchev–Trinajstić information content (AvgIpc) is 3.22.